The van der Waals surface area contributed by atoms with Gasteiger partial charge in [0, 0.05) is 15.7 Å². The number of amides is 1. The molecule has 114 valence electrons. The maximum atomic E-state index is 12.4. The van der Waals surface area contributed by atoms with Crippen LogP contribution in [0.5, 0.6) is 0 Å². The van der Waals surface area contributed by atoms with Crippen molar-refractivity contribution in [2.45, 2.75) is 12.5 Å². The van der Waals surface area contributed by atoms with Gasteiger partial charge in [-0.05, 0) is 25.1 Å². The molecule has 2 rings (SSSR count). The highest BCUT2D eigenvalue weighted by atomic mass is 35.5. The van der Waals surface area contributed by atoms with Gasteiger partial charge in [0.1, 0.15) is 6.79 Å². The summed E-state index contributed by atoms with van der Waals surface area (Å²) in [6.07, 6.45) is 0. The molecule has 1 saturated heterocycles. The lowest BCUT2D eigenvalue weighted by molar-refractivity contribution is -0.169. The number of carbonyl (C=O) groups is 2. The molecule has 0 bridgehead atoms. The summed E-state index contributed by atoms with van der Waals surface area (Å²) in [5.74, 6) is -1.50. The summed E-state index contributed by atoms with van der Waals surface area (Å²) in [5, 5.41) is 3.24. The number of hydrogen-bond acceptors (Lipinski definition) is 5. The normalized spacial score (nSPS) is 21.1. The molecule has 1 heterocycles. The molecule has 0 spiro atoms. The molecule has 0 saturated carbocycles. The molecule has 1 fully saturated rings. The molecule has 6 nitrogen and oxygen atoms in total. The van der Waals surface area contributed by atoms with Crippen molar-refractivity contribution >= 4 is 40.8 Å². The van der Waals surface area contributed by atoms with E-state index in [1.165, 1.54) is 18.2 Å². The summed E-state index contributed by atoms with van der Waals surface area (Å²) in [6.45, 7) is 1.38. The molecule has 0 radical (unpaired) electrons. The first kappa shape index (κ1) is 16.0. The second-order valence-electron chi connectivity index (χ2n) is 4.27. The van der Waals surface area contributed by atoms with Crippen molar-refractivity contribution in [2.24, 2.45) is 0 Å². The SMILES string of the molecule is CCOC(=O)C1(C(=O)Nc2cc(Cl)cc(Cl)c2)COCO1. The molecule has 1 aliphatic heterocycles. The fourth-order valence-corrected chi connectivity index (χ4v) is 2.34. The Morgan fingerprint density at radius 2 is 2.00 bits per heavy atom. The Labute approximate surface area is 131 Å². The molecular weight excluding hydrogens is 321 g/mol. The number of rotatable bonds is 4. The average molecular weight is 334 g/mol. The van der Waals surface area contributed by atoms with Crippen molar-refractivity contribution in [3.05, 3.63) is 28.2 Å². The molecule has 1 aliphatic rings. The maximum absolute atomic E-state index is 12.4. The fraction of sp³-hybridized carbons (Fsp3) is 0.385. The van der Waals surface area contributed by atoms with E-state index in [0.717, 1.165) is 0 Å². The fourth-order valence-electron chi connectivity index (χ4n) is 1.82. The minimum atomic E-state index is -1.81. The Hall–Kier alpha value is -1.34. The van der Waals surface area contributed by atoms with E-state index in [9.17, 15) is 9.59 Å². The van der Waals surface area contributed by atoms with Gasteiger partial charge in [-0.25, -0.2) is 4.79 Å². The van der Waals surface area contributed by atoms with E-state index in [1.54, 1.807) is 6.92 Å². The topological polar surface area (TPSA) is 73.9 Å². The molecule has 1 atom stereocenters. The summed E-state index contributed by atoms with van der Waals surface area (Å²) < 4.78 is 15.1. The van der Waals surface area contributed by atoms with Crippen LogP contribution in [-0.2, 0) is 23.8 Å². The standard InChI is InChI=1S/C13H13Cl2NO5/c1-2-20-12(18)13(6-19-7-21-13)11(17)16-10-4-8(14)3-9(15)5-10/h3-5H,2,6-7H2,1H3,(H,16,17). The summed E-state index contributed by atoms with van der Waals surface area (Å²) in [6, 6.07) is 4.52. The van der Waals surface area contributed by atoms with Crippen LogP contribution in [0.2, 0.25) is 10.0 Å². The summed E-state index contributed by atoms with van der Waals surface area (Å²) in [7, 11) is 0. The van der Waals surface area contributed by atoms with Crippen LogP contribution in [-0.4, -0.2) is 37.5 Å². The maximum Gasteiger partial charge on any atom is 0.350 e. The van der Waals surface area contributed by atoms with E-state index in [-0.39, 0.29) is 20.0 Å². The van der Waals surface area contributed by atoms with Crippen molar-refractivity contribution in [3.8, 4) is 0 Å². The van der Waals surface area contributed by atoms with Crippen molar-refractivity contribution in [1.82, 2.24) is 0 Å². The monoisotopic (exact) mass is 333 g/mol. The third-order valence-corrected chi connectivity index (χ3v) is 3.22. The van der Waals surface area contributed by atoms with E-state index in [2.05, 4.69) is 5.32 Å². The van der Waals surface area contributed by atoms with Crippen LogP contribution in [0, 0.1) is 0 Å². The van der Waals surface area contributed by atoms with Crippen LogP contribution in [0.4, 0.5) is 5.69 Å². The first-order chi connectivity index (χ1) is 9.98. The van der Waals surface area contributed by atoms with E-state index in [4.69, 9.17) is 37.4 Å². The summed E-state index contributed by atoms with van der Waals surface area (Å²) in [5.41, 5.74) is -1.47. The molecule has 21 heavy (non-hydrogen) atoms. The molecule has 8 heteroatoms. The first-order valence-electron chi connectivity index (χ1n) is 6.14. The average Bonchev–Trinajstić information content (AvgIpc) is 2.88. The second-order valence-corrected chi connectivity index (χ2v) is 5.14. The zero-order chi connectivity index (χ0) is 15.5. The number of anilines is 1. The minimum Gasteiger partial charge on any atom is -0.463 e. The Kier molecular flexibility index (Phi) is 5.05. The third kappa shape index (κ3) is 3.47. The van der Waals surface area contributed by atoms with Crippen LogP contribution >= 0.6 is 23.2 Å². The number of nitrogens with one attached hydrogen (secondary N) is 1. The number of benzene rings is 1. The number of halogens is 2. The van der Waals surface area contributed by atoms with Crippen molar-refractivity contribution in [1.29, 1.82) is 0 Å². The smallest absolute Gasteiger partial charge is 0.350 e. The molecular formula is C13H13Cl2NO5. The lowest BCUT2D eigenvalue weighted by Gasteiger charge is -2.23. The van der Waals surface area contributed by atoms with Crippen LogP contribution < -0.4 is 5.32 Å². The Bertz CT molecular complexity index is 537. The van der Waals surface area contributed by atoms with Crippen LogP contribution in [0.1, 0.15) is 6.92 Å². The first-order valence-corrected chi connectivity index (χ1v) is 6.90. The molecule has 1 unspecified atom stereocenters. The van der Waals surface area contributed by atoms with Gasteiger partial charge in [0.15, 0.2) is 0 Å². The number of carbonyl (C=O) groups excluding carboxylic acids is 2. The quantitative estimate of drug-likeness (QED) is 0.675. The van der Waals surface area contributed by atoms with Gasteiger partial charge in [-0.1, -0.05) is 23.2 Å². The van der Waals surface area contributed by atoms with Crippen LogP contribution in [0.3, 0.4) is 0 Å². The Morgan fingerprint density at radius 3 is 2.52 bits per heavy atom. The minimum absolute atomic E-state index is 0.125. The largest absolute Gasteiger partial charge is 0.463 e. The molecule has 1 amide bonds. The van der Waals surface area contributed by atoms with Crippen LogP contribution in [0.15, 0.2) is 18.2 Å². The van der Waals surface area contributed by atoms with Gasteiger partial charge in [0.2, 0.25) is 0 Å². The lowest BCUT2D eigenvalue weighted by Crippen LogP contribution is -2.52. The predicted octanol–water partition coefficient (Wildman–Crippen LogP) is 2.24. The van der Waals surface area contributed by atoms with Gasteiger partial charge in [0.05, 0.1) is 13.2 Å². The van der Waals surface area contributed by atoms with E-state index in [0.29, 0.717) is 15.7 Å². The second kappa shape index (κ2) is 6.62. The summed E-state index contributed by atoms with van der Waals surface area (Å²) in [4.78, 5) is 24.4. The highest BCUT2D eigenvalue weighted by Gasteiger charge is 2.52. The molecule has 1 N–H and O–H groups in total. The predicted molar refractivity (Wildman–Crippen MR) is 76.4 cm³/mol. The van der Waals surface area contributed by atoms with Gasteiger partial charge in [-0.3, -0.25) is 4.79 Å². The van der Waals surface area contributed by atoms with Crippen LogP contribution in [0.25, 0.3) is 0 Å². The van der Waals surface area contributed by atoms with E-state index >= 15 is 0 Å². The van der Waals surface area contributed by atoms with Crippen molar-refractivity contribution in [2.75, 3.05) is 25.3 Å². The molecule has 1 aromatic carbocycles. The number of ether oxygens (including phenoxy) is 3. The highest BCUT2D eigenvalue weighted by Crippen LogP contribution is 2.26. The van der Waals surface area contributed by atoms with Gasteiger partial charge in [-0.2, -0.15) is 0 Å². The van der Waals surface area contributed by atoms with E-state index in [1.807, 2.05) is 0 Å². The zero-order valence-electron chi connectivity index (χ0n) is 11.2. The number of hydrogen-bond donors (Lipinski definition) is 1. The molecule has 0 aliphatic carbocycles. The van der Waals surface area contributed by atoms with Gasteiger partial charge >= 0.3 is 5.97 Å². The summed E-state index contributed by atoms with van der Waals surface area (Å²) >= 11 is 11.7. The zero-order valence-corrected chi connectivity index (χ0v) is 12.7. The highest BCUT2D eigenvalue weighted by molar-refractivity contribution is 6.35. The van der Waals surface area contributed by atoms with Crippen molar-refractivity contribution in [3.63, 3.8) is 0 Å². The van der Waals surface area contributed by atoms with E-state index < -0.39 is 17.5 Å². The van der Waals surface area contributed by atoms with Gasteiger partial charge in [0.25, 0.3) is 11.5 Å². The molecule has 0 aromatic heterocycles. The lowest BCUT2D eigenvalue weighted by atomic mass is 10.0. The van der Waals surface area contributed by atoms with Crippen molar-refractivity contribution < 1.29 is 23.8 Å². The number of esters is 1. The van der Waals surface area contributed by atoms with Gasteiger partial charge < -0.3 is 19.5 Å². The Morgan fingerprint density at radius 1 is 1.33 bits per heavy atom. The van der Waals surface area contributed by atoms with Gasteiger partial charge in [-0.15, -0.1) is 0 Å². The molecule has 1 aromatic rings. The third-order valence-electron chi connectivity index (χ3n) is 2.79. The Balaban J connectivity index is 2.21.